The minimum atomic E-state index is -0.432. The minimum absolute atomic E-state index is 0.367. The first-order valence-electron chi connectivity index (χ1n) is 9.37. The highest BCUT2D eigenvalue weighted by Crippen LogP contribution is 2.47. The Balaban J connectivity index is 1.59. The molecule has 4 heteroatoms. The van der Waals surface area contributed by atoms with Gasteiger partial charge in [0, 0.05) is 10.5 Å². The normalized spacial score (nSPS) is 22.5. The van der Waals surface area contributed by atoms with Crippen molar-refractivity contribution in [2.45, 2.75) is 64.1 Å². The summed E-state index contributed by atoms with van der Waals surface area (Å²) in [5.41, 5.74) is 4.28. The molecule has 2 fully saturated rings. The molecular weight excluding hydrogens is 343 g/mol. The van der Waals surface area contributed by atoms with E-state index in [0.29, 0.717) is 10.4 Å². The van der Waals surface area contributed by atoms with Gasteiger partial charge in [-0.1, -0.05) is 54.9 Å². The van der Waals surface area contributed by atoms with E-state index in [-0.39, 0.29) is 11.2 Å². The molecule has 136 valence electrons. The van der Waals surface area contributed by atoms with Gasteiger partial charge in [0.1, 0.15) is 0 Å². The lowest BCUT2D eigenvalue weighted by Crippen LogP contribution is -2.41. The lowest BCUT2D eigenvalue weighted by Gasteiger charge is -2.32. The zero-order valence-electron chi connectivity index (χ0n) is 16.2. The molecule has 0 bridgehead atoms. The zero-order chi connectivity index (χ0) is 18.7. The van der Waals surface area contributed by atoms with Crippen molar-refractivity contribution in [3.05, 3.63) is 53.1 Å². The highest BCUT2D eigenvalue weighted by Gasteiger charge is 2.52. The van der Waals surface area contributed by atoms with Crippen LogP contribution in [0.2, 0.25) is 5.02 Å². The second kappa shape index (κ2) is 5.86. The Morgan fingerprint density at radius 3 is 1.85 bits per heavy atom. The maximum atomic E-state index is 6.60. The van der Waals surface area contributed by atoms with Crippen LogP contribution in [0, 0.1) is 0 Å². The van der Waals surface area contributed by atoms with Crippen LogP contribution in [0.15, 0.2) is 42.5 Å². The quantitative estimate of drug-likeness (QED) is 0.679. The van der Waals surface area contributed by atoms with Crippen LogP contribution in [0.5, 0.6) is 0 Å². The van der Waals surface area contributed by atoms with E-state index in [1.165, 1.54) is 24.0 Å². The van der Waals surface area contributed by atoms with E-state index in [1.54, 1.807) is 0 Å². The highest BCUT2D eigenvalue weighted by atomic mass is 35.5. The summed E-state index contributed by atoms with van der Waals surface area (Å²) in [6.45, 7) is 10.5. The summed E-state index contributed by atoms with van der Waals surface area (Å²) in [6.07, 6.45) is 2.59. The molecule has 0 spiro atoms. The summed E-state index contributed by atoms with van der Waals surface area (Å²) in [5.74, 6) is 0. The van der Waals surface area contributed by atoms with Gasteiger partial charge in [0.15, 0.2) is 0 Å². The topological polar surface area (TPSA) is 18.5 Å². The van der Waals surface area contributed by atoms with Crippen LogP contribution in [-0.4, -0.2) is 18.3 Å². The van der Waals surface area contributed by atoms with Gasteiger partial charge in [0.2, 0.25) is 0 Å². The zero-order valence-corrected chi connectivity index (χ0v) is 17.0. The largest absolute Gasteiger partial charge is 0.496 e. The van der Waals surface area contributed by atoms with Crippen LogP contribution in [-0.2, 0) is 14.7 Å². The maximum absolute atomic E-state index is 6.60. The fourth-order valence-corrected chi connectivity index (χ4v) is 3.68. The van der Waals surface area contributed by atoms with Gasteiger partial charge >= 0.3 is 7.12 Å². The molecule has 1 aliphatic heterocycles. The molecule has 2 aliphatic rings. The molecule has 0 unspecified atom stereocenters. The van der Waals surface area contributed by atoms with Crippen molar-refractivity contribution in [1.29, 1.82) is 0 Å². The van der Waals surface area contributed by atoms with Gasteiger partial charge in [0.25, 0.3) is 0 Å². The van der Waals surface area contributed by atoms with E-state index in [9.17, 15) is 0 Å². The van der Waals surface area contributed by atoms with Crippen molar-refractivity contribution < 1.29 is 9.31 Å². The number of hydrogen-bond acceptors (Lipinski definition) is 2. The molecule has 0 radical (unpaired) electrons. The van der Waals surface area contributed by atoms with Gasteiger partial charge in [-0.25, -0.2) is 0 Å². The first kappa shape index (κ1) is 18.1. The molecule has 1 heterocycles. The van der Waals surface area contributed by atoms with Crippen LogP contribution in [0.4, 0.5) is 0 Å². The van der Waals surface area contributed by atoms with Crippen molar-refractivity contribution in [2.75, 3.05) is 0 Å². The number of hydrogen-bond donors (Lipinski definition) is 0. The minimum Gasteiger partial charge on any atom is -0.399 e. The van der Waals surface area contributed by atoms with E-state index in [0.717, 1.165) is 11.0 Å². The number of halogens is 1. The summed E-state index contributed by atoms with van der Waals surface area (Å²) in [5, 5.41) is 0.680. The second-order valence-electron chi connectivity index (χ2n) is 8.96. The van der Waals surface area contributed by atoms with Crippen LogP contribution < -0.4 is 5.46 Å². The average molecular weight is 369 g/mol. The summed E-state index contributed by atoms with van der Waals surface area (Å²) in [6, 6.07) is 15.0. The van der Waals surface area contributed by atoms with Gasteiger partial charge in [-0.3, -0.25) is 0 Å². The Kier molecular flexibility index (Phi) is 4.08. The molecule has 2 aromatic rings. The standard InChI is InChI=1S/C22H26BClO2/c1-20(2)21(3,4)26-23(25-20)18-11-8-16(14-19(18)24)15-6-9-17(10-7-15)22(5)12-13-22/h6-11,14H,12-13H2,1-5H3. The Hall–Kier alpha value is -1.29. The number of benzene rings is 2. The molecule has 26 heavy (non-hydrogen) atoms. The van der Waals surface area contributed by atoms with Gasteiger partial charge in [0.05, 0.1) is 11.2 Å². The maximum Gasteiger partial charge on any atom is 0.496 e. The second-order valence-corrected chi connectivity index (χ2v) is 9.37. The SMILES string of the molecule is CC1(c2ccc(-c3ccc(B4OC(C)(C)C(C)(C)O4)c(Cl)c3)cc2)CC1. The van der Waals surface area contributed by atoms with Crippen molar-refractivity contribution in [3.8, 4) is 11.1 Å². The Bertz CT molecular complexity index is 822. The third-order valence-corrected chi connectivity index (χ3v) is 6.75. The average Bonchev–Trinajstić information content (AvgIpc) is 3.27. The van der Waals surface area contributed by atoms with Crippen LogP contribution >= 0.6 is 11.6 Å². The fraction of sp³-hybridized carbons (Fsp3) is 0.455. The molecule has 0 atom stereocenters. The predicted molar refractivity (Wildman–Crippen MR) is 109 cm³/mol. The predicted octanol–water partition coefficient (Wildman–Crippen LogP) is 5.36. The van der Waals surface area contributed by atoms with E-state index in [4.69, 9.17) is 20.9 Å². The first-order valence-corrected chi connectivity index (χ1v) is 9.75. The third kappa shape index (κ3) is 3.00. The Labute approximate surface area is 162 Å². The van der Waals surface area contributed by atoms with Gasteiger partial charge in [-0.2, -0.15) is 0 Å². The van der Waals surface area contributed by atoms with Crippen LogP contribution in [0.25, 0.3) is 11.1 Å². The van der Waals surface area contributed by atoms with Gasteiger partial charge in [-0.05, 0) is 68.7 Å². The monoisotopic (exact) mass is 368 g/mol. The summed E-state index contributed by atoms with van der Waals surface area (Å²) >= 11 is 6.60. The van der Waals surface area contributed by atoms with Crippen LogP contribution in [0.3, 0.4) is 0 Å². The molecule has 1 saturated heterocycles. The molecule has 2 aromatic carbocycles. The van der Waals surface area contributed by atoms with Crippen molar-refractivity contribution in [3.63, 3.8) is 0 Å². The summed E-state index contributed by atoms with van der Waals surface area (Å²) in [4.78, 5) is 0. The van der Waals surface area contributed by atoms with Gasteiger partial charge < -0.3 is 9.31 Å². The van der Waals surface area contributed by atoms with E-state index in [2.05, 4.69) is 65.0 Å². The summed E-state index contributed by atoms with van der Waals surface area (Å²) in [7, 11) is -0.432. The van der Waals surface area contributed by atoms with Crippen molar-refractivity contribution in [2.24, 2.45) is 0 Å². The lowest BCUT2D eigenvalue weighted by atomic mass is 9.78. The Morgan fingerprint density at radius 2 is 1.35 bits per heavy atom. The molecule has 2 nitrogen and oxygen atoms in total. The van der Waals surface area contributed by atoms with Gasteiger partial charge in [-0.15, -0.1) is 0 Å². The van der Waals surface area contributed by atoms with Crippen LogP contribution in [0.1, 0.15) is 53.0 Å². The van der Waals surface area contributed by atoms with Crippen molar-refractivity contribution >= 4 is 24.2 Å². The Morgan fingerprint density at radius 1 is 0.808 bits per heavy atom. The molecule has 0 amide bonds. The lowest BCUT2D eigenvalue weighted by molar-refractivity contribution is 0.00578. The van der Waals surface area contributed by atoms with E-state index in [1.807, 2.05) is 12.1 Å². The molecular formula is C22H26BClO2. The molecule has 0 N–H and O–H groups in total. The molecule has 4 rings (SSSR count). The molecule has 0 aromatic heterocycles. The molecule has 1 saturated carbocycles. The van der Waals surface area contributed by atoms with Crippen molar-refractivity contribution in [1.82, 2.24) is 0 Å². The third-order valence-electron chi connectivity index (χ3n) is 6.42. The fourth-order valence-electron chi connectivity index (χ4n) is 3.41. The first-order chi connectivity index (χ1) is 12.1. The van der Waals surface area contributed by atoms with E-state index >= 15 is 0 Å². The highest BCUT2D eigenvalue weighted by molar-refractivity contribution is 6.65. The van der Waals surface area contributed by atoms with E-state index < -0.39 is 7.12 Å². The molecule has 1 aliphatic carbocycles. The summed E-state index contributed by atoms with van der Waals surface area (Å²) < 4.78 is 12.3. The number of rotatable bonds is 3. The smallest absolute Gasteiger partial charge is 0.399 e.